The number of rotatable bonds is 3. The first kappa shape index (κ1) is 19.9. The fourth-order valence-electron chi connectivity index (χ4n) is 5.14. The minimum absolute atomic E-state index is 0. The Kier molecular flexibility index (Phi) is 5.36. The molecule has 2 unspecified atom stereocenters. The van der Waals surface area contributed by atoms with Gasteiger partial charge in [-0.05, 0) is 49.7 Å². The van der Waals surface area contributed by atoms with Gasteiger partial charge in [0.15, 0.2) is 0 Å². The highest BCUT2D eigenvalue weighted by molar-refractivity contribution is 6.01. The van der Waals surface area contributed by atoms with E-state index < -0.39 is 0 Å². The van der Waals surface area contributed by atoms with Crippen molar-refractivity contribution in [3.63, 3.8) is 0 Å². The number of hydrogen-bond donors (Lipinski definition) is 2. The van der Waals surface area contributed by atoms with E-state index in [0.717, 1.165) is 31.1 Å². The molecule has 2 bridgehead atoms. The SMILES string of the molecule is Cl.NC1CC2CCCC(C1)C2NC(=O)Cn1cnc2c(oc3ccccc32)c1=O. The van der Waals surface area contributed by atoms with Crippen molar-refractivity contribution in [3.05, 3.63) is 40.9 Å². The van der Waals surface area contributed by atoms with Gasteiger partial charge in [0, 0.05) is 17.5 Å². The number of furan rings is 1. The van der Waals surface area contributed by atoms with Crippen molar-refractivity contribution >= 4 is 40.4 Å². The number of halogens is 1. The summed E-state index contributed by atoms with van der Waals surface area (Å²) in [6, 6.07) is 7.82. The van der Waals surface area contributed by atoms with Crippen LogP contribution in [0, 0.1) is 11.8 Å². The second-order valence-electron chi connectivity index (χ2n) is 8.23. The van der Waals surface area contributed by atoms with Gasteiger partial charge in [0.1, 0.15) is 17.6 Å². The third-order valence-electron chi connectivity index (χ3n) is 6.37. The quantitative estimate of drug-likeness (QED) is 0.683. The highest BCUT2D eigenvalue weighted by atomic mass is 35.5. The predicted molar refractivity (Wildman–Crippen MR) is 113 cm³/mol. The first-order valence-corrected chi connectivity index (χ1v) is 10.0. The van der Waals surface area contributed by atoms with Crippen LogP contribution in [0.2, 0.25) is 0 Å². The van der Waals surface area contributed by atoms with Gasteiger partial charge in [0.2, 0.25) is 11.5 Å². The van der Waals surface area contributed by atoms with Crippen molar-refractivity contribution in [1.82, 2.24) is 14.9 Å². The van der Waals surface area contributed by atoms with Crippen LogP contribution >= 0.6 is 12.4 Å². The number of benzene rings is 1. The van der Waals surface area contributed by atoms with E-state index in [4.69, 9.17) is 10.2 Å². The number of nitrogens with zero attached hydrogens (tertiary/aromatic N) is 2. The largest absolute Gasteiger partial charge is 0.448 e. The van der Waals surface area contributed by atoms with E-state index in [-0.39, 0.29) is 48.1 Å². The smallest absolute Gasteiger partial charge is 0.297 e. The first-order valence-electron chi connectivity index (χ1n) is 10.0. The van der Waals surface area contributed by atoms with Crippen molar-refractivity contribution in [2.75, 3.05) is 0 Å². The van der Waals surface area contributed by atoms with Crippen molar-refractivity contribution in [1.29, 1.82) is 0 Å². The van der Waals surface area contributed by atoms with Crippen molar-refractivity contribution in [2.45, 2.75) is 50.7 Å². The van der Waals surface area contributed by atoms with Crippen LogP contribution in [0.25, 0.3) is 22.1 Å². The summed E-state index contributed by atoms with van der Waals surface area (Å²) in [6.07, 6.45) is 6.80. The van der Waals surface area contributed by atoms with Gasteiger partial charge in [-0.3, -0.25) is 14.2 Å². The topological polar surface area (TPSA) is 103 Å². The molecule has 154 valence electrons. The molecule has 1 aromatic carbocycles. The molecule has 2 aromatic heterocycles. The number of nitrogens with two attached hydrogens (primary N) is 1. The highest BCUT2D eigenvalue weighted by Crippen LogP contribution is 2.39. The minimum Gasteiger partial charge on any atom is -0.448 e. The molecule has 0 saturated heterocycles. The molecule has 0 radical (unpaired) electrons. The molecule has 5 rings (SSSR count). The number of hydrogen-bond acceptors (Lipinski definition) is 5. The molecule has 2 atom stereocenters. The van der Waals surface area contributed by atoms with Crippen LogP contribution in [0.15, 0.2) is 39.8 Å². The molecule has 2 aliphatic rings. The Morgan fingerprint density at radius 2 is 1.97 bits per heavy atom. The Labute approximate surface area is 174 Å². The van der Waals surface area contributed by atoms with E-state index in [1.807, 2.05) is 18.2 Å². The molecular formula is C21H25ClN4O3. The molecule has 8 heteroatoms. The molecule has 2 fully saturated rings. The molecule has 0 aliphatic heterocycles. The van der Waals surface area contributed by atoms with Gasteiger partial charge in [0.05, 0.1) is 6.33 Å². The summed E-state index contributed by atoms with van der Waals surface area (Å²) in [6.45, 7) is -0.0547. The van der Waals surface area contributed by atoms with Crippen molar-refractivity contribution in [2.24, 2.45) is 17.6 Å². The summed E-state index contributed by atoms with van der Waals surface area (Å²) >= 11 is 0. The van der Waals surface area contributed by atoms with Crippen LogP contribution in [0.3, 0.4) is 0 Å². The van der Waals surface area contributed by atoms with Crippen LogP contribution < -0.4 is 16.6 Å². The Morgan fingerprint density at radius 3 is 2.72 bits per heavy atom. The predicted octanol–water partition coefficient (Wildman–Crippen LogP) is 2.59. The second-order valence-corrected chi connectivity index (χ2v) is 8.23. The molecule has 7 nitrogen and oxygen atoms in total. The summed E-state index contributed by atoms with van der Waals surface area (Å²) in [5, 5.41) is 3.98. The minimum atomic E-state index is -0.331. The lowest BCUT2D eigenvalue weighted by molar-refractivity contribution is -0.124. The van der Waals surface area contributed by atoms with Gasteiger partial charge in [-0.25, -0.2) is 4.98 Å². The molecule has 0 spiro atoms. The zero-order valence-electron chi connectivity index (χ0n) is 16.0. The molecule has 3 aromatic rings. The van der Waals surface area contributed by atoms with E-state index in [0.29, 0.717) is 22.9 Å². The van der Waals surface area contributed by atoms with E-state index in [2.05, 4.69) is 10.3 Å². The Hall–Kier alpha value is -2.38. The van der Waals surface area contributed by atoms with Gasteiger partial charge < -0.3 is 15.5 Å². The lowest BCUT2D eigenvalue weighted by Crippen LogP contribution is -2.54. The lowest BCUT2D eigenvalue weighted by Gasteiger charge is -2.45. The maximum absolute atomic E-state index is 12.8. The Balaban J connectivity index is 0.00000205. The van der Waals surface area contributed by atoms with Crippen LogP contribution in [0.5, 0.6) is 0 Å². The molecular weight excluding hydrogens is 392 g/mol. The summed E-state index contributed by atoms with van der Waals surface area (Å²) in [7, 11) is 0. The molecule has 2 heterocycles. The highest BCUT2D eigenvalue weighted by Gasteiger charge is 2.39. The normalized spacial score (nSPS) is 26.2. The zero-order chi connectivity index (χ0) is 19.3. The summed E-state index contributed by atoms with van der Waals surface area (Å²) < 4.78 is 7.01. The van der Waals surface area contributed by atoms with Crippen LogP contribution in [-0.2, 0) is 11.3 Å². The Morgan fingerprint density at radius 1 is 1.24 bits per heavy atom. The van der Waals surface area contributed by atoms with E-state index in [9.17, 15) is 9.59 Å². The molecule has 29 heavy (non-hydrogen) atoms. The number of nitrogens with one attached hydrogen (secondary N) is 1. The summed E-state index contributed by atoms with van der Waals surface area (Å²) in [5.41, 5.74) is 7.19. The van der Waals surface area contributed by atoms with Crippen molar-refractivity contribution in [3.8, 4) is 0 Å². The number of carbonyl (C=O) groups excluding carboxylic acids is 1. The third kappa shape index (κ3) is 3.53. The summed E-state index contributed by atoms with van der Waals surface area (Å²) in [5.74, 6) is 0.732. The average molecular weight is 417 g/mol. The van der Waals surface area contributed by atoms with E-state index in [1.54, 1.807) is 6.07 Å². The van der Waals surface area contributed by atoms with Gasteiger partial charge in [0.25, 0.3) is 5.56 Å². The monoisotopic (exact) mass is 416 g/mol. The van der Waals surface area contributed by atoms with Gasteiger partial charge >= 0.3 is 0 Å². The Bertz CT molecular complexity index is 1090. The number of fused-ring (bicyclic) bond motifs is 5. The van der Waals surface area contributed by atoms with Gasteiger partial charge in [-0.15, -0.1) is 12.4 Å². The standard InChI is InChI=1S/C21H24N4O3.ClH/c22-14-8-12-4-3-5-13(9-14)18(12)24-17(26)10-25-11-23-19-15-6-1-2-7-16(15)28-20(19)21(25)27;/h1-2,6-7,11-14,18H,3-5,8-10,22H2,(H,24,26);1H. The second kappa shape index (κ2) is 7.80. The number of amides is 1. The third-order valence-corrected chi connectivity index (χ3v) is 6.37. The maximum atomic E-state index is 12.8. The van der Waals surface area contributed by atoms with Gasteiger partial charge in [-0.1, -0.05) is 18.6 Å². The van der Waals surface area contributed by atoms with Crippen LogP contribution in [-0.4, -0.2) is 27.5 Å². The fourth-order valence-corrected chi connectivity index (χ4v) is 5.14. The number of aromatic nitrogens is 2. The lowest BCUT2D eigenvalue weighted by atomic mass is 9.67. The van der Waals surface area contributed by atoms with E-state index >= 15 is 0 Å². The maximum Gasteiger partial charge on any atom is 0.297 e. The zero-order valence-corrected chi connectivity index (χ0v) is 16.9. The molecule has 1 amide bonds. The molecule has 3 N–H and O–H groups in total. The fraction of sp³-hybridized carbons (Fsp3) is 0.476. The number of para-hydroxylation sites is 1. The van der Waals surface area contributed by atoms with Gasteiger partial charge in [-0.2, -0.15) is 0 Å². The first-order chi connectivity index (χ1) is 13.6. The molecule has 2 aliphatic carbocycles. The van der Waals surface area contributed by atoms with Crippen LogP contribution in [0.4, 0.5) is 0 Å². The number of carbonyl (C=O) groups is 1. The van der Waals surface area contributed by atoms with Crippen molar-refractivity contribution < 1.29 is 9.21 Å². The molecule has 2 saturated carbocycles. The average Bonchev–Trinajstić information content (AvgIpc) is 3.04. The van der Waals surface area contributed by atoms with Crippen LogP contribution in [0.1, 0.15) is 32.1 Å². The van der Waals surface area contributed by atoms with E-state index in [1.165, 1.54) is 17.3 Å². The summed E-state index contributed by atoms with van der Waals surface area (Å²) in [4.78, 5) is 29.9.